The zero-order valence-electron chi connectivity index (χ0n) is 11.4. The number of thiocyanates is 1. The van der Waals surface area contributed by atoms with Crippen LogP contribution in [0.5, 0.6) is 0 Å². The number of urea groups is 1. The zero-order chi connectivity index (χ0) is 15.8. The maximum atomic E-state index is 11.8. The predicted molar refractivity (Wildman–Crippen MR) is 93.2 cm³/mol. The molecule has 2 N–H and O–H groups in total. The van der Waals surface area contributed by atoms with Crippen LogP contribution in [0.3, 0.4) is 0 Å². The van der Waals surface area contributed by atoms with Crippen LogP contribution in [0.25, 0.3) is 6.08 Å². The number of amides is 2. The molecule has 0 aromatic heterocycles. The number of nitrogens with one attached hydrogen (secondary N) is 2. The van der Waals surface area contributed by atoms with Gasteiger partial charge in [-0.05, 0) is 53.7 Å². The van der Waals surface area contributed by atoms with Crippen LogP contribution in [0.15, 0.2) is 64.1 Å². The molecule has 0 fully saturated rings. The number of carbonyl (C=O) groups excluding carboxylic acids is 1. The molecule has 0 heterocycles. The number of halogens is 1. The van der Waals surface area contributed by atoms with E-state index in [1.807, 2.05) is 29.7 Å². The summed E-state index contributed by atoms with van der Waals surface area (Å²) in [6, 6.07) is 14.4. The molecular formula is C16H12BrN3OS. The van der Waals surface area contributed by atoms with Crippen LogP contribution in [0.4, 0.5) is 10.5 Å². The lowest BCUT2D eigenvalue weighted by atomic mass is 10.2. The highest BCUT2D eigenvalue weighted by molar-refractivity contribution is 9.10. The van der Waals surface area contributed by atoms with Crippen molar-refractivity contribution in [1.29, 1.82) is 5.26 Å². The minimum Gasteiger partial charge on any atom is -0.314 e. The molecule has 2 amide bonds. The summed E-state index contributed by atoms with van der Waals surface area (Å²) in [6.45, 7) is 0. The average molecular weight is 374 g/mol. The maximum absolute atomic E-state index is 11.8. The Hall–Kier alpha value is -2.23. The molecule has 0 bridgehead atoms. The van der Waals surface area contributed by atoms with Gasteiger partial charge >= 0.3 is 6.03 Å². The lowest BCUT2D eigenvalue weighted by Crippen LogP contribution is -2.23. The van der Waals surface area contributed by atoms with Crippen molar-refractivity contribution in [3.8, 4) is 5.40 Å². The summed E-state index contributed by atoms with van der Waals surface area (Å²) in [5.74, 6) is 0. The second kappa shape index (κ2) is 8.27. The van der Waals surface area contributed by atoms with Gasteiger partial charge in [-0.1, -0.05) is 34.1 Å². The number of thioether (sulfide) groups is 1. The Kier molecular flexibility index (Phi) is 6.07. The molecule has 0 saturated carbocycles. The number of rotatable bonds is 4. The third kappa shape index (κ3) is 4.95. The van der Waals surface area contributed by atoms with Gasteiger partial charge in [0, 0.05) is 21.3 Å². The third-order valence-electron chi connectivity index (χ3n) is 2.66. The van der Waals surface area contributed by atoms with E-state index in [1.165, 1.54) is 0 Å². The van der Waals surface area contributed by atoms with Crippen LogP contribution in [-0.4, -0.2) is 6.03 Å². The van der Waals surface area contributed by atoms with Crippen LogP contribution < -0.4 is 10.6 Å². The van der Waals surface area contributed by atoms with Gasteiger partial charge in [0.1, 0.15) is 5.40 Å². The highest BCUT2D eigenvalue weighted by Crippen LogP contribution is 2.19. The van der Waals surface area contributed by atoms with Crippen molar-refractivity contribution in [2.75, 3.05) is 5.32 Å². The number of nitriles is 1. The van der Waals surface area contributed by atoms with E-state index in [-0.39, 0.29) is 6.03 Å². The molecule has 22 heavy (non-hydrogen) atoms. The molecule has 0 aliphatic carbocycles. The monoisotopic (exact) mass is 373 g/mol. The molecule has 0 spiro atoms. The van der Waals surface area contributed by atoms with E-state index in [0.717, 1.165) is 26.7 Å². The SMILES string of the molecule is N#CSc1ccc(NC(=O)N/C=C/c2ccccc2Br)cc1. The van der Waals surface area contributed by atoms with E-state index in [9.17, 15) is 4.79 Å². The third-order valence-corrected chi connectivity index (χ3v) is 3.98. The van der Waals surface area contributed by atoms with Gasteiger partial charge < -0.3 is 10.6 Å². The van der Waals surface area contributed by atoms with E-state index < -0.39 is 0 Å². The average Bonchev–Trinajstić information content (AvgIpc) is 2.51. The first-order chi connectivity index (χ1) is 10.7. The Morgan fingerprint density at radius 3 is 2.59 bits per heavy atom. The normalized spacial score (nSPS) is 10.2. The van der Waals surface area contributed by atoms with Gasteiger partial charge in [-0.3, -0.25) is 0 Å². The van der Waals surface area contributed by atoms with Gasteiger partial charge in [0.25, 0.3) is 0 Å². The Morgan fingerprint density at radius 1 is 1.18 bits per heavy atom. The van der Waals surface area contributed by atoms with Crippen LogP contribution in [0, 0.1) is 10.7 Å². The van der Waals surface area contributed by atoms with E-state index in [0.29, 0.717) is 5.69 Å². The van der Waals surface area contributed by atoms with Crippen LogP contribution in [0.1, 0.15) is 5.56 Å². The molecule has 2 aromatic carbocycles. The Morgan fingerprint density at radius 2 is 1.91 bits per heavy atom. The summed E-state index contributed by atoms with van der Waals surface area (Å²) in [5, 5.41) is 15.9. The van der Waals surface area contributed by atoms with Crippen LogP contribution >= 0.6 is 27.7 Å². The number of nitrogens with zero attached hydrogens (tertiary/aromatic N) is 1. The van der Waals surface area contributed by atoms with Crippen molar-refractivity contribution < 1.29 is 4.79 Å². The van der Waals surface area contributed by atoms with Crippen LogP contribution in [0.2, 0.25) is 0 Å². The molecule has 110 valence electrons. The van der Waals surface area contributed by atoms with Gasteiger partial charge in [0.2, 0.25) is 0 Å². The second-order valence-corrected chi connectivity index (χ2v) is 5.88. The van der Waals surface area contributed by atoms with Gasteiger partial charge in [-0.25, -0.2) is 4.79 Å². The Balaban J connectivity index is 1.88. The zero-order valence-corrected chi connectivity index (χ0v) is 13.8. The predicted octanol–water partition coefficient (Wildman–Crippen LogP) is 4.81. The molecular weight excluding hydrogens is 362 g/mol. The first-order valence-electron chi connectivity index (χ1n) is 6.33. The molecule has 0 aliphatic heterocycles. The van der Waals surface area contributed by atoms with Gasteiger partial charge in [-0.15, -0.1) is 0 Å². The molecule has 4 nitrogen and oxygen atoms in total. The first-order valence-corrected chi connectivity index (χ1v) is 7.94. The topological polar surface area (TPSA) is 64.9 Å². The number of benzene rings is 2. The molecule has 0 saturated heterocycles. The molecule has 0 atom stereocenters. The van der Waals surface area contributed by atoms with E-state index in [1.54, 1.807) is 36.5 Å². The van der Waals surface area contributed by atoms with Gasteiger partial charge in [-0.2, -0.15) is 5.26 Å². The summed E-state index contributed by atoms with van der Waals surface area (Å²) in [5.41, 5.74) is 1.63. The summed E-state index contributed by atoms with van der Waals surface area (Å²) in [7, 11) is 0. The lowest BCUT2D eigenvalue weighted by molar-refractivity contribution is 0.255. The van der Waals surface area contributed by atoms with Crippen molar-refractivity contribution in [2.24, 2.45) is 0 Å². The molecule has 6 heteroatoms. The molecule has 0 aliphatic rings. The maximum Gasteiger partial charge on any atom is 0.323 e. The standard InChI is InChI=1S/C16H12BrN3OS/c17-15-4-2-1-3-12(15)9-10-19-16(21)20-13-5-7-14(8-6-13)22-11-18/h1-10H,(H2,19,20,21)/b10-9+. The Bertz CT molecular complexity index is 723. The van der Waals surface area contributed by atoms with Crippen molar-refractivity contribution in [2.45, 2.75) is 4.90 Å². The summed E-state index contributed by atoms with van der Waals surface area (Å²) in [6.07, 6.45) is 3.38. The van der Waals surface area contributed by atoms with Crippen molar-refractivity contribution in [3.63, 3.8) is 0 Å². The van der Waals surface area contributed by atoms with Crippen molar-refractivity contribution in [3.05, 3.63) is 64.8 Å². The fraction of sp³-hybridized carbons (Fsp3) is 0. The van der Waals surface area contributed by atoms with E-state index in [2.05, 4.69) is 26.6 Å². The number of hydrogen-bond acceptors (Lipinski definition) is 3. The van der Waals surface area contributed by atoms with Gasteiger partial charge in [0.05, 0.1) is 0 Å². The number of hydrogen-bond donors (Lipinski definition) is 2. The first kappa shape index (κ1) is 16.1. The fourth-order valence-electron chi connectivity index (χ4n) is 1.64. The summed E-state index contributed by atoms with van der Waals surface area (Å²) < 4.78 is 0.957. The quantitative estimate of drug-likeness (QED) is 0.596. The molecule has 2 aromatic rings. The fourth-order valence-corrected chi connectivity index (χ4v) is 2.44. The molecule has 0 unspecified atom stereocenters. The van der Waals surface area contributed by atoms with E-state index in [4.69, 9.17) is 5.26 Å². The van der Waals surface area contributed by atoms with E-state index >= 15 is 0 Å². The Labute approximate surface area is 141 Å². The van der Waals surface area contributed by atoms with Crippen LogP contribution in [-0.2, 0) is 0 Å². The summed E-state index contributed by atoms with van der Waals surface area (Å²) in [4.78, 5) is 12.6. The van der Waals surface area contributed by atoms with Gasteiger partial charge in [0.15, 0.2) is 0 Å². The molecule has 2 rings (SSSR count). The summed E-state index contributed by atoms with van der Waals surface area (Å²) >= 11 is 4.51. The highest BCUT2D eigenvalue weighted by atomic mass is 79.9. The smallest absolute Gasteiger partial charge is 0.314 e. The number of carbonyl (C=O) groups is 1. The minimum absolute atomic E-state index is 0.330. The number of anilines is 1. The largest absolute Gasteiger partial charge is 0.323 e. The highest BCUT2D eigenvalue weighted by Gasteiger charge is 2.00. The van der Waals surface area contributed by atoms with Crippen molar-refractivity contribution in [1.82, 2.24) is 5.32 Å². The van der Waals surface area contributed by atoms with Crippen molar-refractivity contribution >= 4 is 45.5 Å². The lowest BCUT2D eigenvalue weighted by Gasteiger charge is -2.05. The second-order valence-electron chi connectivity index (χ2n) is 4.17. The molecule has 0 radical (unpaired) electrons. The minimum atomic E-state index is -0.330.